The van der Waals surface area contributed by atoms with Crippen LogP contribution in [0, 0.1) is 0 Å². The Morgan fingerprint density at radius 2 is 0.789 bits per heavy atom. The molecular weight excluding hydrogens is 1200 g/mol. The molecule has 11 aromatic rings. The molecule has 0 N–H and O–H groups in total. The average molecular weight is 1270 g/mol. The molecule has 12 rings (SSSR count). The van der Waals surface area contributed by atoms with Crippen molar-refractivity contribution in [3.8, 4) is 45.8 Å². The molecule has 1 fully saturated rings. The summed E-state index contributed by atoms with van der Waals surface area (Å²) < 4.78 is 71.4. The second kappa shape index (κ2) is 31.7. The van der Waals surface area contributed by atoms with Crippen LogP contribution in [-0.2, 0) is 68.2 Å². The van der Waals surface area contributed by atoms with Gasteiger partial charge in [-0.15, -0.1) is 0 Å². The third-order valence-electron chi connectivity index (χ3n) is 15.6. The van der Waals surface area contributed by atoms with E-state index in [4.69, 9.17) is 51.8 Å². The van der Waals surface area contributed by atoms with Crippen LogP contribution in [0.5, 0.6) is 34.5 Å². The summed E-state index contributed by atoms with van der Waals surface area (Å²) in [4.78, 5) is 44.7. The molecule has 0 spiro atoms. The van der Waals surface area contributed by atoms with Gasteiger partial charge in [-0.1, -0.05) is 206 Å². The molecule has 95 heavy (non-hydrogen) atoms. The maximum absolute atomic E-state index is 15.9. The second-order valence-electron chi connectivity index (χ2n) is 22.5. The fourth-order valence-electron chi connectivity index (χ4n) is 10.6. The first kappa shape index (κ1) is 63.7. The number of fused-ring (bicyclic) bond motifs is 1. The standard InChI is InChI=1S/C81H68O14/c1-56-76(93-72(82)46-36-57-32-40-66(41-33-57)85-50-59-20-8-2-9-21-59)79(90-55-64-30-18-7-19-31-64)80(94-73(83)47-37-58-34-42-67(43-35-58)86-51-60-22-10-3-11-23-60)81(91-56)95-78-75(84)74-70(89-54-63-28-16-6-17-29-63)48-69(88-53-62-26-14-5-15-27-62)49-71(74)92-77(78)65-38-44-68(45-39-65)87-52-61-24-12-4-13-25-61/h2-49,56,76,79-81H,50-55H2,1H3/b46-36+,47-37+/t56-,76-,79+,80+,81-/m0/s1. The Balaban J connectivity index is 0.909. The van der Waals surface area contributed by atoms with Crippen molar-refractivity contribution in [1.29, 1.82) is 0 Å². The van der Waals surface area contributed by atoms with Crippen molar-refractivity contribution in [2.45, 2.75) is 77.3 Å². The summed E-state index contributed by atoms with van der Waals surface area (Å²) in [5.41, 5.74) is 6.76. The Morgan fingerprint density at radius 3 is 1.22 bits per heavy atom. The van der Waals surface area contributed by atoms with Gasteiger partial charge in [0.05, 0.1) is 12.7 Å². The number of hydrogen-bond donors (Lipinski definition) is 0. The second-order valence-corrected chi connectivity index (χ2v) is 22.5. The summed E-state index contributed by atoms with van der Waals surface area (Å²) in [7, 11) is 0. The van der Waals surface area contributed by atoms with Crippen LogP contribution in [0.3, 0.4) is 0 Å². The van der Waals surface area contributed by atoms with E-state index in [1.165, 1.54) is 12.2 Å². The van der Waals surface area contributed by atoms with Crippen LogP contribution in [0.2, 0.25) is 0 Å². The van der Waals surface area contributed by atoms with Crippen molar-refractivity contribution >= 4 is 35.1 Å². The van der Waals surface area contributed by atoms with Crippen LogP contribution in [0.15, 0.2) is 288 Å². The number of carbonyl (C=O) groups is 2. The Morgan fingerprint density at radius 1 is 0.411 bits per heavy atom. The zero-order chi connectivity index (χ0) is 65.0. The molecule has 10 aromatic carbocycles. The number of carbonyl (C=O) groups excluding carboxylic acids is 2. The van der Waals surface area contributed by atoms with Gasteiger partial charge in [-0.3, -0.25) is 4.79 Å². The smallest absolute Gasteiger partial charge is 0.331 e. The molecule has 14 heteroatoms. The van der Waals surface area contributed by atoms with E-state index < -0.39 is 48.1 Å². The minimum absolute atomic E-state index is 0.0139. The van der Waals surface area contributed by atoms with Crippen molar-refractivity contribution in [2.24, 2.45) is 0 Å². The molecule has 0 amide bonds. The zero-order valence-electron chi connectivity index (χ0n) is 52.1. The predicted molar refractivity (Wildman–Crippen MR) is 362 cm³/mol. The Hall–Kier alpha value is -11.5. The van der Waals surface area contributed by atoms with E-state index >= 15 is 4.79 Å². The first-order valence-corrected chi connectivity index (χ1v) is 31.2. The maximum Gasteiger partial charge on any atom is 0.331 e. The lowest BCUT2D eigenvalue weighted by Crippen LogP contribution is -2.61. The molecule has 0 unspecified atom stereocenters. The lowest BCUT2D eigenvalue weighted by atomic mass is 9.98. The van der Waals surface area contributed by atoms with Crippen molar-refractivity contribution < 1.29 is 61.4 Å². The van der Waals surface area contributed by atoms with E-state index in [2.05, 4.69) is 0 Å². The van der Waals surface area contributed by atoms with Gasteiger partial charge >= 0.3 is 11.9 Å². The number of rotatable bonds is 27. The molecule has 1 saturated heterocycles. The van der Waals surface area contributed by atoms with Crippen molar-refractivity contribution in [2.75, 3.05) is 0 Å². The summed E-state index contributed by atoms with van der Waals surface area (Å²) >= 11 is 0. The van der Waals surface area contributed by atoms with E-state index in [1.54, 1.807) is 67.6 Å². The normalized spacial score (nSPS) is 16.0. The minimum Gasteiger partial charge on any atom is -0.489 e. The summed E-state index contributed by atoms with van der Waals surface area (Å²) in [5, 5.41) is 0.0243. The third-order valence-corrected chi connectivity index (χ3v) is 15.6. The van der Waals surface area contributed by atoms with Crippen molar-refractivity contribution in [1.82, 2.24) is 0 Å². The van der Waals surface area contributed by atoms with Gasteiger partial charge in [0, 0.05) is 29.8 Å². The van der Waals surface area contributed by atoms with E-state index in [9.17, 15) is 9.59 Å². The van der Waals surface area contributed by atoms with Gasteiger partial charge in [-0.25, -0.2) is 9.59 Å². The zero-order valence-corrected chi connectivity index (χ0v) is 52.1. The SMILES string of the molecule is C[C@@H]1O[C@@H](Oc2c(-c3ccc(OCc4ccccc4)cc3)oc3cc(OCc4ccccc4)cc(OCc4ccccc4)c3c2=O)[C@H](OC(=O)/C=C/c2ccc(OCc3ccccc3)cc2)[C@H](OCc2ccccc2)[C@H]1OC(=O)/C=C/c1ccc(OCc2ccccc2)cc1. The van der Waals surface area contributed by atoms with Crippen molar-refractivity contribution in [3.63, 3.8) is 0 Å². The largest absolute Gasteiger partial charge is 0.489 e. The molecule has 0 saturated carbocycles. The summed E-state index contributed by atoms with van der Waals surface area (Å²) in [6, 6.07) is 82.8. The highest BCUT2D eigenvalue weighted by Gasteiger charge is 2.51. The lowest BCUT2D eigenvalue weighted by Gasteiger charge is -2.43. The number of hydrogen-bond acceptors (Lipinski definition) is 14. The third kappa shape index (κ3) is 17.6. The molecule has 0 bridgehead atoms. The van der Waals surface area contributed by atoms with E-state index in [0.29, 0.717) is 59.5 Å². The Labute approximate surface area is 550 Å². The topological polar surface area (TPSA) is 157 Å². The van der Waals surface area contributed by atoms with Gasteiger partial charge in [-0.05, 0) is 112 Å². The highest BCUT2D eigenvalue weighted by atomic mass is 16.7. The molecular formula is C81H68O14. The van der Waals surface area contributed by atoms with E-state index in [1.807, 2.05) is 218 Å². The van der Waals surface area contributed by atoms with Gasteiger partial charge in [0.15, 0.2) is 18.0 Å². The molecule has 0 radical (unpaired) electrons. The average Bonchev–Trinajstić information content (AvgIpc) is 0.778. The molecule has 476 valence electrons. The maximum atomic E-state index is 15.9. The quantitative estimate of drug-likeness (QED) is 0.0354. The van der Waals surface area contributed by atoms with E-state index in [0.717, 1.165) is 33.4 Å². The summed E-state index contributed by atoms with van der Waals surface area (Å²) in [6.45, 7) is 3.00. The highest BCUT2D eigenvalue weighted by Crippen LogP contribution is 2.40. The molecule has 1 aliphatic heterocycles. The lowest BCUT2D eigenvalue weighted by molar-refractivity contribution is -0.285. The molecule has 1 aliphatic rings. The Kier molecular flexibility index (Phi) is 21.3. The number of ether oxygens (including phenoxy) is 10. The summed E-state index contributed by atoms with van der Waals surface area (Å²) in [5.74, 6) is 0.424. The van der Waals surface area contributed by atoms with Crippen LogP contribution in [-0.4, -0.2) is 42.6 Å². The fourth-order valence-corrected chi connectivity index (χ4v) is 10.6. The first-order chi connectivity index (χ1) is 46.7. The van der Waals surface area contributed by atoms with Gasteiger partial charge in [0.1, 0.15) is 78.9 Å². The van der Waals surface area contributed by atoms with Crippen LogP contribution >= 0.6 is 0 Å². The van der Waals surface area contributed by atoms with Crippen LogP contribution in [0.25, 0.3) is 34.4 Å². The first-order valence-electron chi connectivity index (χ1n) is 31.2. The van der Waals surface area contributed by atoms with Crippen molar-refractivity contribution in [3.05, 3.63) is 334 Å². The van der Waals surface area contributed by atoms with Gasteiger partial charge in [-0.2, -0.15) is 0 Å². The molecule has 5 atom stereocenters. The van der Waals surface area contributed by atoms with Crippen LogP contribution in [0.4, 0.5) is 0 Å². The molecule has 0 aliphatic carbocycles. The molecule has 14 nitrogen and oxygen atoms in total. The number of esters is 2. The van der Waals surface area contributed by atoms with Gasteiger partial charge in [0.2, 0.25) is 17.5 Å². The van der Waals surface area contributed by atoms with Gasteiger partial charge < -0.3 is 51.8 Å². The number of benzene rings is 10. The predicted octanol–water partition coefficient (Wildman–Crippen LogP) is 16.3. The monoisotopic (exact) mass is 1260 g/mol. The Bertz CT molecular complexity index is 4380. The minimum atomic E-state index is -1.63. The summed E-state index contributed by atoms with van der Waals surface area (Å²) in [6.07, 6.45) is -0.984. The van der Waals surface area contributed by atoms with E-state index in [-0.39, 0.29) is 48.0 Å². The van der Waals surface area contributed by atoms with Crippen LogP contribution < -0.4 is 33.8 Å². The van der Waals surface area contributed by atoms with Crippen LogP contribution in [0.1, 0.15) is 51.4 Å². The highest BCUT2D eigenvalue weighted by molar-refractivity contribution is 5.90. The molecule has 1 aromatic heterocycles. The molecule has 2 heterocycles. The fraction of sp³-hybridized carbons (Fsp3) is 0.148. The van der Waals surface area contributed by atoms with Gasteiger partial charge in [0.25, 0.3) is 0 Å².